The Kier molecular flexibility index (Phi) is 6.43. The van der Waals surface area contributed by atoms with Crippen LogP contribution in [0.4, 0.5) is 5.69 Å². The third kappa shape index (κ3) is 6.27. The number of aliphatic hydroxyl groups is 1. The smallest absolute Gasteiger partial charge is 0.251 e. The average Bonchev–Trinajstić information content (AvgIpc) is 2.60. The van der Waals surface area contributed by atoms with Crippen molar-refractivity contribution in [2.75, 3.05) is 25.5 Å². The number of carbonyl (C=O) groups excluding carboxylic acids is 1. The highest BCUT2D eigenvalue weighted by Crippen LogP contribution is 2.12. The lowest BCUT2D eigenvalue weighted by atomic mass is 10.1. The number of nitrogens with one attached hydrogen (secondary N) is 1. The van der Waals surface area contributed by atoms with Crippen LogP contribution in [0.3, 0.4) is 0 Å². The van der Waals surface area contributed by atoms with E-state index in [1.165, 1.54) is 5.56 Å². The summed E-state index contributed by atoms with van der Waals surface area (Å²) in [5.74, 6) is 5.54. The second kappa shape index (κ2) is 8.55. The number of rotatable bonds is 5. The molecular weight excluding hydrogens is 324 g/mol. The lowest BCUT2D eigenvalue weighted by Gasteiger charge is -2.12. The van der Waals surface area contributed by atoms with Gasteiger partial charge in [-0.1, -0.05) is 24.0 Å². The molecule has 2 rings (SSSR count). The van der Waals surface area contributed by atoms with E-state index in [-0.39, 0.29) is 5.91 Å². The Hall–Kier alpha value is -2.77. The summed E-state index contributed by atoms with van der Waals surface area (Å²) in [5, 5.41) is 12.6. The van der Waals surface area contributed by atoms with Gasteiger partial charge in [-0.25, -0.2) is 0 Å². The van der Waals surface area contributed by atoms with Crippen LogP contribution in [0.25, 0.3) is 0 Å². The molecule has 0 aliphatic rings. The van der Waals surface area contributed by atoms with Crippen LogP contribution in [-0.4, -0.2) is 37.3 Å². The van der Waals surface area contributed by atoms with Gasteiger partial charge in [0.25, 0.3) is 5.91 Å². The van der Waals surface area contributed by atoms with Crippen LogP contribution >= 0.6 is 0 Å². The number of amides is 1. The summed E-state index contributed by atoms with van der Waals surface area (Å²) in [7, 11) is 4.02. The third-order valence-corrected chi connectivity index (χ3v) is 3.81. The van der Waals surface area contributed by atoms with E-state index in [0.29, 0.717) is 12.1 Å². The Morgan fingerprint density at radius 3 is 2.23 bits per heavy atom. The molecule has 0 aliphatic carbocycles. The molecular formula is C22H26N2O2. The van der Waals surface area contributed by atoms with Gasteiger partial charge in [0.2, 0.25) is 0 Å². The van der Waals surface area contributed by atoms with Gasteiger partial charge in [-0.15, -0.1) is 0 Å². The molecule has 136 valence electrons. The summed E-state index contributed by atoms with van der Waals surface area (Å²) in [6, 6.07) is 15.4. The second-order valence-electron chi connectivity index (χ2n) is 6.95. The summed E-state index contributed by atoms with van der Waals surface area (Å²) >= 11 is 0. The first-order valence-corrected chi connectivity index (χ1v) is 8.65. The number of hydrogen-bond donors (Lipinski definition) is 2. The molecule has 4 heteroatoms. The first-order valence-electron chi connectivity index (χ1n) is 8.65. The van der Waals surface area contributed by atoms with Crippen LogP contribution in [0.2, 0.25) is 0 Å². The fourth-order valence-electron chi connectivity index (χ4n) is 2.31. The van der Waals surface area contributed by atoms with Crippen LogP contribution in [0.15, 0.2) is 48.5 Å². The molecule has 2 aromatic carbocycles. The minimum Gasteiger partial charge on any atom is -0.378 e. The van der Waals surface area contributed by atoms with Crippen molar-refractivity contribution in [3.63, 3.8) is 0 Å². The number of hydrogen-bond acceptors (Lipinski definition) is 3. The minimum absolute atomic E-state index is 0.100. The molecule has 0 fully saturated rings. The molecule has 0 saturated carbocycles. The standard InChI is InChI=1S/C22H26N2O2/c1-22(2,26)15-13-17-5-9-19(10-6-17)21(25)23-16-14-18-7-11-20(12-8-18)24(3)4/h5-12,26H,14,16H2,1-4H3,(H,23,25). The first-order chi connectivity index (χ1) is 12.2. The van der Waals surface area contributed by atoms with Crippen LogP contribution < -0.4 is 10.2 Å². The van der Waals surface area contributed by atoms with Crippen molar-refractivity contribution in [3.8, 4) is 11.8 Å². The van der Waals surface area contributed by atoms with Crippen molar-refractivity contribution in [3.05, 3.63) is 65.2 Å². The molecule has 0 spiro atoms. The van der Waals surface area contributed by atoms with Gasteiger partial charge < -0.3 is 15.3 Å². The summed E-state index contributed by atoms with van der Waals surface area (Å²) in [6.07, 6.45) is 0.786. The van der Waals surface area contributed by atoms with Gasteiger partial charge in [-0.3, -0.25) is 4.79 Å². The largest absolute Gasteiger partial charge is 0.378 e. The first kappa shape index (κ1) is 19.6. The van der Waals surface area contributed by atoms with Crippen molar-refractivity contribution < 1.29 is 9.90 Å². The van der Waals surface area contributed by atoms with Crippen LogP contribution in [-0.2, 0) is 6.42 Å². The Morgan fingerprint density at radius 1 is 1.08 bits per heavy atom. The normalized spacial score (nSPS) is 10.7. The fourth-order valence-corrected chi connectivity index (χ4v) is 2.31. The molecule has 1 amide bonds. The fraction of sp³-hybridized carbons (Fsp3) is 0.318. The molecule has 0 atom stereocenters. The van der Waals surface area contributed by atoms with E-state index in [2.05, 4.69) is 46.3 Å². The van der Waals surface area contributed by atoms with Crippen LogP contribution in [0.5, 0.6) is 0 Å². The topological polar surface area (TPSA) is 52.6 Å². The predicted octanol–water partition coefficient (Wildman–Crippen LogP) is 2.85. The quantitative estimate of drug-likeness (QED) is 0.816. The van der Waals surface area contributed by atoms with E-state index in [1.807, 2.05) is 14.1 Å². The second-order valence-corrected chi connectivity index (χ2v) is 6.95. The van der Waals surface area contributed by atoms with Crippen molar-refractivity contribution >= 4 is 11.6 Å². The molecule has 4 nitrogen and oxygen atoms in total. The van der Waals surface area contributed by atoms with Crippen molar-refractivity contribution in [2.24, 2.45) is 0 Å². The van der Waals surface area contributed by atoms with E-state index < -0.39 is 5.60 Å². The molecule has 2 aromatic rings. The maximum absolute atomic E-state index is 12.2. The molecule has 0 saturated heterocycles. The third-order valence-electron chi connectivity index (χ3n) is 3.81. The lowest BCUT2D eigenvalue weighted by molar-refractivity contribution is 0.0954. The highest BCUT2D eigenvalue weighted by molar-refractivity contribution is 5.94. The van der Waals surface area contributed by atoms with E-state index in [1.54, 1.807) is 38.1 Å². The number of nitrogens with zero attached hydrogens (tertiary/aromatic N) is 1. The van der Waals surface area contributed by atoms with Gasteiger partial charge in [0.15, 0.2) is 0 Å². The molecule has 0 bridgehead atoms. The Morgan fingerprint density at radius 2 is 1.69 bits per heavy atom. The zero-order valence-corrected chi connectivity index (χ0v) is 15.8. The van der Waals surface area contributed by atoms with Gasteiger partial charge in [0.1, 0.15) is 5.60 Å². The number of anilines is 1. The van der Waals surface area contributed by atoms with Crippen molar-refractivity contribution in [1.82, 2.24) is 5.32 Å². The summed E-state index contributed by atoms with van der Waals surface area (Å²) in [5.41, 5.74) is 2.69. The predicted molar refractivity (Wildman–Crippen MR) is 106 cm³/mol. The monoisotopic (exact) mass is 350 g/mol. The number of benzene rings is 2. The minimum atomic E-state index is -1.03. The van der Waals surface area contributed by atoms with Crippen LogP contribution in [0.1, 0.15) is 35.3 Å². The van der Waals surface area contributed by atoms with Gasteiger partial charge in [-0.2, -0.15) is 0 Å². The van der Waals surface area contributed by atoms with Gasteiger partial charge in [-0.05, 0) is 62.2 Å². The molecule has 0 radical (unpaired) electrons. The summed E-state index contributed by atoms with van der Waals surface area (Å²) < 4.78 is 0. The van der Waals surface area contributed by atoms with E-state index in [9.17, 15) is 9.90 Å². The van der Waals surface area contributed by atoms with E-state index in [4.69, 9.17) is 0 Å². The van der Waals surface area contributed by atoms with Crippen molar-refractivity contribution in [1.29, 1.82) is 0 Å². The average molecular weight is 350 g/mol. The zero-order chi connectivity index (χ0) is 19.2. The molecule has 26 heavy (non-hydrogen) atoms. The molecule has 0 unspecified atom stereocenters. The molecule has 2 N–H and O–H groups in total. The molecule has 0 heterocycles. The van der Waals surface area contributed by atoms with Gasteiger partial charge in [0.05, 0.1) is 0 Å². The van der Waals surface area contributed by atoms with E-state index >= 15 is 0 Å². The Labute approximate surface area is 155 Å². The van der Waals surface area contributed by atoms with Gasteiger partial charge >= 0.3 is 0 Å². The van der Waals surface area contributed by atoms with Crippen LogP contribution in [0, 0.1) is 11.8 Å². The SMILES string of the molecule is CN(C)c1ccc(CCNC(=O)c2ccc(C#CC(C)(C)O)cc2)cc1. The zero-order valence-electron chi connectivity index (χ0n) is 15.8. The maximum atomic E-state index is 12.2. The highest BCUT2D eigenvalue weighted by atomic mass is 16.3. The highest BCUT2D eigenvalue weighted by Gasteiger charge is 2.07. The number of carbonyl (C=O) groups is 1. The van der Waals surface area contributed by atoms with Gasteiger partial charge in [0, 0.05) is 37.5 Å². The maximum Gasteiger partial charge on any atom is 0.251 e. The molecule has 0 aromatic heterocycles. The Bertz CT molecular complexity index is 789. The lowest BCUT2D eigenvalue weighted by Crippen LogP contribution is -2.25. The van der Waals surface area contributed by atoms with Crippen molar-refractivity contribution in [2.45, 2.75) is 25.9 Å². The summed E-state index contributed by atoms with van der Waals surface area (Å²) in [6.45, 7) is 3.85. The van der Waals surface area contributed by atoms with E-state index in [0.717, 1.165) is 17.7 Å². The molecule has 0 aliphatic heterocycles. The summed E-state index contributed by atoms with van der Waals surface area (Å²) in [4.78, 5) is 14.3. The Balaban J connectivity index is 1.86.